The fourth-order valence-electron chi connectivity index (χ4n) is 2.80. The molecule has 0 amide bonds. The maximum absolute atomic E-state index is 11.8. The Balaban J connectivity index is 1.65. The van der Waals surface area contributed by atoms with Crippen LogP contribution in [0.4, 0.5) is 0 Å². The van der Waals surface area contributed by atoms with Gasteiger partial charge < -0.3 is 10.1 Å². The molecule has 116 valence electrons. The Morgan fingerprint density at radius 1 is 1.33 bits per heavy atom. The van der Waals surface area contributed by atoms with Crippen molar-refractivity contribution in [2.75, 3.05) is 18.9 Å². The summed E-state index contributed by atoms with van der Waals surface area (Å²) in [4.78, 5) is 13.1. The zero-order chi connectivity index (χ0) is 14.9. The highest BCUT2D eigenvalue weighted by atomic mass is 32.2. The molecule has 2 atom stereocenters. The topological polar surface area (TPSA) is 38.3 Å². The molecule has 1 fully saturated rings. The molecule has 1 aliphatic carbocycles. The number of ether oxygens (including phenoxy) is 1. The highest BCUT2D eigenvalue weighted by molar-refractivity contribution is 7.99. The van der Waals surface area contributed by atoms with E-state index in [9.17, 15) is 4.79 Å². The fourth-order valence-corrected chi connectivity index (χ4v) is 3.60. The third-order valence-electron chi connectivity index (χ3n) is 3.84. The van der Waals surface area contributed by atoms with Crippen molar-refractivity contribution in [3.8, 4) is 0 Å². The van der Waals surface area contributed by atoms with Crippen molar-refractivity contribution in [2.24, 2.45) is 5.92 Å². The molecule has 1 aromatic rings. The number of hydrogen-bond acceptors (Lipinski definition) is 4. The first-order valence-corrected chi connectivity index (χ1v) is 8.86. The zero-order valence-electron chi connectivity index (χ0n) is 12.7. The third-order valence-corrected chi connectivity index (χ3v) is 4.85. The summed E-state index contributed by atoms with van der Waals surface area (Å²) in [7, 11) is 0. The minimum absolute atomic E-state index is 0.0114. The van der Waals surface area contributed by atoms with E-state index in [4.69, 9.17) is 4.74 Å². The predicted molar refractivity (Wildman–Crippen MR) is 87.5 cm³/mol. The lowest BCUT2D eigenvalue weighted by molar-refractivity contribution is -0.149. The molecule has 0 aromatic heterocycles. The molecule has 1 N–H and O–H groups in total. The lowest BCUT2D eigenvalue weighted by atomic mass is 9.86. The molecule has 2 rings (SSSR count). The van der Waals surface area contributed by atoms with Gasteiger partial charge in [-0.1, -0.05) is 24.6 Å². The van der Waals surface area contributed by atoms with Crippen molar-refractivity contribution < 1.29 is 9.53 Å². The van der Waals surface area contributed by atoms with E-state index in [0.717, 1.165) is 31.6 Å². The molecule has 0 bridgehead atoms. The summed E-state index contributed by atoms with van der Waals surface area (Å²) in [5, 5.41) is 3.59. The molecule has 0 saturated heterocycles. The zero-order valence-corrected chi connectivity index (χ0v) is 13.5. The van der Waals surface area contributed by atoms with Gasteiger partial charge in [-0.25, -0.2) is 0 Å². The predicted octanol–water partition coefficient (Wildman–Crippen LogP) is 3.49. The van der Waals surface area contributed by atoms with Crippen molar-refractivity contribution in [3.63, 3.8) is 0 Å². The number of carbonyl (C=O) groups is 1. The molecule has 0 spiro atoms. The van der Waals surface area contributed by atoms with Crippen LogP contribution in [0.3, 0.4) is 0 Å². The van der Waals surface area contributed by atoms with Gasteiger partial charge in [0, 0.05) is 23.2 Å². The monoisotopic (exact) mass is 307 g/mol. The summed E-state index contributed by atoms with van der Waals surface area (Å²) in [5.74, 6) is 1.14. The van der Waals surface area contributed by atoms with Crippen molar-refractivity contribution in [1.29, 1.82) is 0 Å². The van der Waals surface area contributed by atoms with Crippen LogP contribution < -0.4 is 5.32 Å². The fraction of sp³-hybridized carbons (Fsp3) is 0.588. The van der Waals surface area contributed by atoms with Crippen molar-refractivity contribution >= 4 is 17.7 Å². The molecule has 21 heavy (non-hydrogen) atoms. The van der Waals surface area contributed by atoms with Gasteiger partial charge in [0.2, 0.25) is 0 Å². The highest BCUT2D eigenvalue weighted by Crippen LogP contribution is 2.25. The Bertz CT molecular complexity index is 424. The summed E-state index contributed by atoms with van der Waals surface area (Å²) < 4.78 is 5.14. The summed E-state index contributed by atoms with van der Waals surface area (Å²) >= 11 is 1.87. The quantitative estimate of drug-likeness (QED) is 0.475. The van der Waals surface area contributed by atoms with E-state index in [-0.39, 0.29) is 11.9 Å². The molecule has 0 heterocycles. The number of nitrogens with one attached hydrogen (secondary N) is 1. The van der Waals surface area contributed by atoms with Gasteiger partial charge in [0.1, 0.15) is 0 Å². The second kappa shape index (κ2) is 9.11. The van der Waals surface area contributed by atoms with Crippen LogP contribution >= 0.6 is 11.8 Å². The SMILES string of the molecule is CCOC(=O)C1CCCC(NCCSc2ccccc2)C1. The first-order valence-electron chi connectivity index (χ1n) is 7.87. The van der Waals surface area contributed by atoms with Crippen LogP contribution in [0.15, 0.2) is 35.2 Å². The van der Waals surface area contributed by atoms with Gasteiger partial charge in [0.25, 0.3) is 0 Å². The number of esters is 1. The Morgan fingerprint density at radius 3 is 2.90 bits per heavy atom. The van der Waals surface area contributed by atoms with Crippen LogP contribution in [0, 0.1) is 5.92 Å². The first kappa shape index (κ1) is 16.4. The highest BCUT2D eigenvalue weighted by Gasteiger charge is 2.27. The Hall–Kier alpha value is -1.00. The molecule has 4 heteroatoms. The van der Waals surface area contributed by atoms with Crippen molar-refractivity contribution in [1.82, 2.24) is 5.32 Å². The van der Waals surface area contributed by atoms with Gasteiger partial charge in [0.15, 0.2) is 0 Å². The summed E-state index contributed by atoms with van der Waals surface area (Å²) in [6, 6.07) is 10.9. The molecule has 0 radical (unpaired) electrons. The Kier molecular flexibility index (Phi) is 7.10. The standard InChI is InChI=1S/C17H25NO2S/c1-2-20-17(19)14-7-6-8-15(13-14)18-11-12-21-16-9-4-3-5-10-16/h3-5,9-10,14-15,18H,2,6-8,11-13H2,1H3. The average Bonchev–Trinajstić information content (AvgIpc) is 2.53. The summed E-state index contributed by atoms with van der Waals surface area (Å²) in [6.45, 7) is 3.35. The molecule has 1 aliphatic rings. The number of thioether (sulfide) groups is 1. The molecule has 3 nitrogen and oxygen atoms in total. The number of benzene rings is 1. The normalized spacial score (nSPS) is 22.0. The van der Waals surface area contributed by atoms with E-state index in [2.05, 4.69) is 29.6 Å². The largest absolute Gasteiger partial charge is 0.466 e. The molecule has 0 aliphatic heterocycles. The summed E-state index contributed by atoms with van der Waals surface area (Å²) in [5.41, 5.74) is 0. The van der Waals surface area contributed by atoms with Crippen LogP contribution in [-0.2, 0) is 9.53 Å². The van der Waals surface area contributed by atoms with E-state index >= 15 is 0 Å². The third kappa shape index (κ3) is 5.71. The van der Waals surface area contributed by atoms with Gasteiger partial charge in [-0.15, -0.1) is 11.8 Å². The van der Waals surface area contributed by atoms with Gasteiger partial charge >= 0.3 is 5.97 Å². The lowest BCUT2D eigenvalue weighted by Crippen LogP contribution is -2.38. The van der Waals surface area contributed by atoms with Crippen LogP contribution in [0.1, 0.15) is 32.6 Å². The Labute approximate surface area is 131 Å². The van der Waals surface area contributed by atoms with E-state index in [1.165, 1.54) is 11.3 Å². The second-order valence-corrected chi connectivity index (χ2v) is 6.60. The number of hydrogen-bond donors (Lipinski definition) is 1. The average molecular weight is 307 g/mol. The molecule has 2 unspecified atom stereocenters. The van der Waals surface area contributed by atoms with Crippen LogP contribution in [-0.4, -0.2) is 30.9 Å². The minimum Gasteiger partial charge on any atom is -0.466 e. The molecule has 1 aromatic carbocycles. The maximum atomic E-state index is 11.8. The van der Waals surface area contributed by atoms with Gasteiger partial charge in [-0.2, -0.15) is 0 Å². The van der Waals surface area contributed by atoms with Crippen LogP contribution in [0.2, 0.25) is 0 Å². The summed E-state index contributed by atoms with van der Waals surface area (Å²) in [6.07, 6.45) is 4.20. The van der Waals surface area contributed by atoms with E-state index in [1.54, 1.807) is 0 Å². The molecular weight excluding hydrogens is 282 g/mol. The number of rotatable bonds is 7. The smallest absolute Gasteiger partial charge is 0.308 e. The minimum atomic E-state index is -0.0114. The van der Waals surface area contributed by atoms with E-state index < -0.39 is 0 Å². The molecular formula is C17H25NO2S. The lowest BCUT2D eigenvalue weighted by Gasteiger charge is -2.28. The van der Waals surface area contributed by atoms with Crippen molar-refractivity contribution in [3.05, 3.63) is 30.3 Å². The second-order valence-electron chi connectivity index (χ2n) is 5.43. The van der Waals surface area contributed by atoms with Gasteiger partial charge in [0.05, 0.1) is 12.5 Å². The Morgan fingerprint density at radius 2 is 2.14 bits per heavy atom. The molecule has 1 saturated carbocycles. The van der Waals surface area contributed by atoms with E-state index in [1.807, 2.05) is 24.8 Å². The van der Waals surface area contributed by atoms with E-state index in [0.29, 0.717) is 12.6 Å². The van der Waals surface area contributed by atoms with Crippen molar-refractivity contribution in [2.45, 2.75) is 43.5 Å². The van der Waals surface area contributed by atoms with Gasteiger partial charge in [-0.05, 0) is 38.3 Å². The van der Waals surface area contributed by atoms with Gasteiger partial charge in [-0.3, -0.25) is 4.79 Å². The van der Waals surface area contributed by atoms with Crippen LogP contribution in [0.25, 0.3) is 0 Å². The first-order chi connectivity index (χ1) is 10.3. The van der Waals surface area contributed by atoms with Crippen LogP contribution in [0.5, 0.6) is 0 Å². The number of carbonyl (C=O) groups excluding carboxylic acids is 1. The maximum Gasteiger partial charge on any atom is 0.308 e.